The van der Waals surface area contributed by atoms with Crippen LogP contribution in [0.5, 0.6) is 17.2 Å². The van der Waals surface area contributed by atoms with E-state index in [-0.39, 0.29) is 46.4 Å². The SMILES string of the molecule is COc1cc(OC)c2c(c1Cl)O[C@@]1(C(=O)C3=C(C[C@@H]1C)NC(CO)CC3c1ccccc1)C2=O. The Bertz CT molecular complexity index is 1210. The Morgan fingerprint density at radius 2 is 1.85 bits per heavy atom. The molecule has 2 aromatic rings. The molecule has 1 aliphatic carbocycles. The number of carbonyl (C=O) groups excluding carboxylic acids is 2. The Labute approximate surface area is 202 Å². The number of benzene rings is 2. The molecular weight excluding hydrogens is 458 g/mol. The molecule has 0 amide bonds. The summed E-state index contributed by atoms with van der Waals surface area (Å²) >= 11 is 6.53. The molecule has 3 aliphatic rings. The molecule has 7 nitrogen and oxygen atoms in total. The lowest BCUT2D eigenvalue weighted by atomic mass is 9.65. The van der Waals surface area contributed by atoms with Crippen molar-refractivity contribution < 1.29 is 28.9 Å². The summed E-state index contributed by atoms with van der Waals surface area (Å²) in [4.78, 5) is 28.3. The van der Waals surface area contributed by atoms with Gasteiger partial charge in [-0.1, -0.05) is 48.9 Å². The van der Waals surface area contributed by atoms with E-state index >= 15 is 0 Å². The summed E-state index contributed by atoms with van der Waals surface area (Å²) in [7, 11) is 2.90. The number of fused-ring (bicyclic) bond motifs is 1. The quantitative estimate of drug-likeness (QED) is 0.641. The summed E-state index contributed by atoms with van der Waals surface area (Å²) in [6, 6.07) is 11.0. The summed E-state index contributed by atoms with van der Waals surface area (Å²) in [6.45, 7) is 1.77. The summed E-state index contributed by atoms with van der Waals surface area (Å²) in [6.07, 6.45) is 0.937. The van der Waals surface area contributed by atoms with E-state index in [0.717, 1.165) is 11.3 Å². The van der Waals surface area contributed by atoms with Crippen LogP contribution in [0.2, 0.25) is 5.02 Å². The maximum absolute atomic E-state index is 14.3. The van der Waals surface area contributed by atoms with E-state index in [1.807, 2.05) is 37.3 Å². The number of nitrogens with one attached hydrogen (secondary N) is 1. The number of aliphatic hydroxyl groups is 1. The Hall–Kier alpha value is -3.03. The largest absolute Gasteiger partial charge is 0.496 e. The molecule has 2 aromatic carbocycles. The second-order valence-electron chi connectivity index (χ2n) is 9.02. The van der Waals surface area contributed by atoms with Gasteiger partial charge in [0.15, 0.2) is 5.75 Å². The van der Waals surface area contributed by atoms with E-state index in [1.165, 1.54) is 20.3 Å². The first-order chi connectivity index (χ1) is 16.4. The molecule has 5 rings (SSSR count). The predicted octanol–water partition coefficient (Wildman–Crippen LogP) is 3.67. The molecule has 0 radical (unpaired) electrons. The third-order valence-electron chi connectivity index (χ3n) is 7.20. The van der Waals surface area contributed by atoms with Crippen LogP contribution in [-0.2, 0) is 4.79 Å². The zero-order valence-electron chi connectivity index (χ0n) is 19.2. The van der Waals surface area contributed by atoms with Gasteiger partial charge < -0.3 is 24.6 Å². The molecule has 0 aromatic heterocycles. The van der Waals surface area contributed by atoms with Crippen molar-refractivity contribution in [3.05, 3.63) is 63.8 Å². The standard InChI is InChI=1S/C26H26ClNO6/c1-13-9-17-20(16(10-15(12-29)28-17)14-7-5-4-6-8-14)24(30)26(13)25(31)21-18(32-2)11-19(33-3)22(27)23(21)34-26/h4-8,11,13,15-16,28-29H,9-10,12H2,1-3H3/t13-,15?,16?,26-/m0/s1. The number of hydrogen-bond donors (Lipinski definition) is 2. The molecule has 8 heteroatoms. The van der Waals surface area contributed by atoms with Crippen LogP contribution in [0.25, 0.3) is 0 Å². The number of allylic oxidation sites excluding steroid dienone is 1. The van der Waals surface area contributed by atoms with Crippen molar-refractivity contribution in [2.45, 2.75) is 37.3 Å². The van der Waals surface area contributed by atoms with E-state index in [1.54, 1.807) is 0 Å². The van der Waals surface area contributed by atoms with Crippen LogP contribution in [0, 0.1) is 5.92 Å². The highest BCUT2D eigenvalue weighted by atomic mass is 35.5. The zero-order chi connectivity index (χ0) is 24.2. The van der Waals surface area contributed by atoms with Gasteiger partial charge in [0.2, 0.25) is 17.2 Å². The highest BCUT2D eigenvalue weighted by Gasteiger charge is 2.63. The normalized spacial score (nSPS) is 27.7. The van der Waals surface area contributed by atoms with Gasteiger partial charge >= 0.3 is 0 Å². The van der Waals surface area contributed by atoms with Crippen molar-refractivity contribution in [3.8, 4) is 17.2 Å². The van der Waals surface area contributed by atoms with E-state index in [0.29, 0.717) is 24.2 Å². The smallest absolute Gasteiger partial charge is 0.236 e. The van der Waals surface area contributed by atoms with E-state index in [2.05, 4.69) is 5.32 Å². The third kappa shape index (κ3) is 3.07. The van der Waals surface area contributed by atoms with Crippen LogP contribution >= 0.6 is 11.6 Å². The van der Waals surface area contributed by atoms with Crippen molar-refractivity contribution in [3.63, 3.8) is 0 Å². The monoisotopic (exact) mass is 483 g/mol. The summed E-state index contributed by atoms with van der Waals surface area (Å²) in [5.41, 5.74) is 0.645. The molecule has 2 unspecified atom stereocenters. The van der Waals surface area contributed by atoms with Crippen LogP contribution in [0.4, 0.5) is 0 Å². The number of halogens is 1. The minimum atomic E-state index is -1.74. The Balaban J connectivity index is 1.66. The van der Waals surface area contributed by atoms with Gasteiger partial charge in [0.05, 0.1) is 20.8 Å². The van der Waals surface area contributed by atoms with Crippen LogP contribution in [0.15, 0.2) is 47.7 Å². The van der Waals surface area contributed by atoms with E-state index in [9.17, 15) is 14.7 Å². The molecule has 4 atom stereocenters. The van der Waals surface area contributed by atoms with Gasteiger partial charge in [-0.2, -0.15) is 0 Å². The van der Waals surface area contributed by atoms with Gasteiger partial charge in [0, 0.05) is 35.2 Å². The maximum Gasteiger partial charge on any atom is 0.236 e. The van der Waals surface area contributed by atoms with Crippen molar-refractivity contribution in [2.75, 3.05) is 20.8 Å². The topological polar surface area (TPSA) is 94.1 Å². The van der Waals surface area contributed by atoms with Crippen LogP contribution in [0.1, 0.15) is 41.6 Å². The number of hydrogen-bond acceptors (Lipinski definition) is 7. The fourth-order valence-electron chi connectivity index (χ4n) is 5.52. The number of methoxy groups -OCH3 is 2. The summed E-state index contributed by atoms with van der Waals surface area (Å²) in [5, 5.41) is 13.4. The fraction of sp³-hybridized carbons (Fsp3) is 0.385. The Morgan fingerprint density at radius 3 is 2.50 bits per heavy atom. The average Bonchev–Trinajstić information content (AvgIpc) is 3.17. The fourth-order valence-corrected chi connectivity index (χ4v) is 5.78. The maximum atomic E-state index is 14.3. The average molecular weight is 484 g/mol. The van der Waals surface area contributed by atoms with Crippen molar-refractivity contribution >= 4 is 23.2 Å². The lowest BCUT2D eigenvalue weighted by Gasteiger charge is -2.44. The third-order valence-corrected chi connectivity index (χ3v) is 7.56. The molecule has 2 aliphatic heterocycles. The van der Waals surface area contributed by atoms with Crippen molar-refractivity contribution in [1.82, 2.24) is 5.32 Å². The number of ketones is 2. The molecule has 2 N–H and O–H groups in total. The number of ether oxygens (including phenoxy) is 3. The molecule has 0 fully saturated rings. The van der Waals surface area contributed by atoms with Gasteiger partial charge in [0.1, 0.15) is 22.1 Å². The lowest BCUT2D eigenvalue weighted by molar-refractivity contribution is -0.131. The second kappa shape index (κ2) is 8.32. The minimum Gasteiger partial charge on any atom is -0.496 e. The molecule has 0 bridgehead atoms. The lowest BCUT2D eigenvalue weighted by Crippen LogP contribution is -2.59. The highest BCUT2D eigenvalue weighted by molar-refractivity contribution is 6.36. The van der Waals surface area contributed by atoms with Gasteiger partial charge in [-0.15, -0.1) is 0 Å². The first kappa shape index (κ1) is 22.7. The van der Waals surface area contributed by atoms with E-state index < -0.39 is 17.3 Å². The second-order valence-corrected chi connectivity index (χ2v) is 9.39. The van der Waals surface area contributed by atoms with Gasteiger partial charge in [-0.3, -0.25) is 9.59 Å². The van der Waals surface area contributed by atoms with Crippen molar-refractivity contribution in [1.29, 1.82) is 0 Å². The molecule has 178 valence electrons. The van der Waals surface area contributed by atoms with Gasteiger partial charge in [0.25, 0.3) is 0 Å². The number of aliphatic hydroxyl groups excluding tert-OH is 1. The summed E-state index contributed by atoms with van der Waals surface area (Å²) in [5.74, 6) is -0.933. The molecule has 0 saturated heterocycles. The summed E-state index contributed by atoms with van der Waals surface area (Å²) < 4.78 is 17.1. The van der Waals surface area contributed by atoms with Crippen LogP contribution < -0.4 is 19.5 Å². The molecule has 0 saturated carbocycles. The zero-order valence-corrected chi connectivity index (χ0v) is 19.9. The van der Waals surface area contributed by atoms with Crippen molar-refractivity contribution in [2.24, 2.45) is 5.92 Å². The number of Topliss-reactive ketones (excluding diaryl/α,β-unsaturated/α-hetero) is 2. The Morgan fingerprint density at radius 1 is 1.15 bits per heavy atom. The minimum absolute atomic E-state index is 0.0543. The number of rotatable bonds is 4. The predicted molar refractivity (Wildman–Crippen MR) is 126 cm³/mol. The van der Waals surface area contributed by atoms with E-state index in [4.69, 9.17) is 25.8 Å². The highest BCUT2D eigenvalue weighted by Crippen LogP contribution is 2.55. The molecule has 1 spiro atoms. The van der Waals surface area contributed by atoms with Crippen LogP contribution in [-0.4, -0.2) is 49.1 Å². The first-order valence-corrected chi connectivity index (χ1v) is 11.6. The molecular formula is C26H26ClNO6. The first-order valence-electron chi connectivity index (χ1n) is 11.3. The molecule has 2 heterocycles. The Kier molecular flexibility index (Phi) is 5.57. The van der Waals surface area contributed by atoms with Gasteiger partial charge in [-0.25, -0.2) is 0 Å². The molecule has 34 heavy (non-hydrogen) atoms. The van der Waals surface area contributed by atoms with Gasteiger partial charge in [-0.05, 0) is 18.4 Å². The van der Waals surface area contributed by atoms with Crippen LogP contribution in [0.3, 0.4) is 0 Å². The number of carbonyl (C=O) groups is 2.